The average molecular weight is 255 g/mol. The lowest BCUT2D eigenvalue weighted by Crippen LogP contribution is -2.52. The van der Waals surface area contributed by atoms with Crippen LogP contribution < -0.4 is 5.73 Å². The first-order valence-corrected chi connectivity index (χ1v) is 7.09. The van der Waals surface area contributed by atoms with Crippen molar-refractivity contribution in [2.45, 2.75) is 44.9 Å². The number of ether oxygens (including phenoxy) is 1. The SMILES string of the molecule is CN1CCN(CC2C(N)C(C)(C)OC2(C)C)CC1. The van der Waals surface area contributed by atoms with Gasteiger partial charge >= 0.3 is 0 Å². The van der Waals surface area contributed by atoms with Crippen LogP contribution in [0, 0.1) is 5.92 Å². The Bertz CT molecular complexity index is 295. The van der Waals surface area contributed by atoms with Gasteiger partial charge in [-0.1, -0.05) is 0 Å². The van der Waals surface area contributed by atoms with E-state index in [1.807, 2.05) is 0 Å². The van der Waals surface area contributed by atoms with Gasteiger partial charge in [0, 0.05) is 44.7 Å². The maximum absolute atomic E-state index is 6.41. The van der Waals surface area contributed by atoms with Gasteiger partial charge in [-0.2, -0.15) is 0 Å². The first-order valence-electron chi connectivity index (χ1n) is 7.09. The molecule has 2 fully saturated rings. The zero-order chi connectivity index (χ0) is 13.6. The largest absolute Gasteiger partial charge is 0.368 e. The van der Waals surface area contributed by atoms with Crippen LogP contribution in [0.25, 0.3) is 0 Å². The van der Waals surface area contributed by atoms with E-state index in [1.165, 1.54) is 0 Å². The summed E-state index contributed by atoms with van der Waals surface area (Å²) in [6.45, 7) is 14.3. The number of likely N-dealkylation sites (N-methyl/N-ethyl adjacent to an activating group) is 1. The van der Waals surface area contributed by atoms with Crippen LogP contribution in [0.2, 0.25) is 0 Å². The topological polar surface area (TPSA) is 41.7 Å². The van der Waals surface area contributed by atoms with E-state index in [0.717, 1.165) is 32.7 Å². The van der Waals surface area contributed by atoms with Crippen molar-refractivity contribution < 1.29 is 4.74 Å². The number of rotatable bonds is 2. The summed E-state index contributed by atoms with van der Waals surface area (Å²) >= 11 is 0. The molecule has 2 rings (SSSR count). The van der Waals surface area contributed by atoms with Crippen molar-refractivity contribution >= 4 is 0 Å². The van der Waals surface area contributed by atoms with E-state index in [1.54, 1.807) is 0 Å². The molecule has 2 N–H and O–H groups in total. The van der Waals surface area contributed by atoms with Crippen molar-refractivity contribution in [2.24, 2.45) is 11.7 Å². The first-order chi connectivity index (χ1) is 8.22. The molecule has 0 aromatic carbocycles. The van der Waals surface area contributed by atoms with Crippen molar-refractivity contribution in [2.75, 3.05) is 39.8 Å². The monoisotopic (exact) mass is 255 g/mol. The van der Waals surface area contributed by atoms with Crippen LogP contribution in [0.15, 0.2) is 0 Å². The Morgan fingerprint density at radius 3 is 2.06 bits per heavy atom. The summed E-state index contributed by atoms with van der Waals surface area (Å²) in [5, 5.41) is 0. The zero-order valence-corrected chi connectivity index (χ0v) is 12.6. The van der Waals surface area contributed by atoms with Crippen molar-refractivity contribution in [3.05, 3.63) is 0 Å². The predicted molar refractivity (Wildman–Crippen MR) is 74.6 cm³/mol. The molecule has 0 aromatic rings. The molecule has 2 atom stereocenters. The van der Waals surface area contributed by atoms with Gasteiger partial charge in [-0.25, -0.2) is 0 Å². The lowest BCUT2D eigenvalue weighted by molar-refractivity contribution is -0.0790. The lowest BCUT2D eigenvalue weighted by atomic mass is 9.82. The molecule has 4 nitrogen and oxygen atoms in total. The van der Waals surface area contributed by atoms with E-state index < -0.39 is 0 Å². The molecule has 0 bridgehead atoms. The van der Waals surface area contributed by atoms with Crippen molar-refractivity contribution in [1.82, 2.24) is 9.80 Å². The van der Waals surface area contributed by atoms with Crippen LogP contribution in [0.5, 0.6) is 0 Å². The third-order valence-corrected chi connectivity index (χ3v) is 4.71. The molecule has 0 spiro atoms. The number of nitrogens with two attached hydrogens (primary N) is 1. The van der Waals surface area contributed by atoms with Gasteiger partial charge in [-0.05, 0) is 34.7 Å². The molecule has 0 saturated carbocycles. The Balaban J connectivity index is 2.00. The average Bonchev–Trinajstić information content (AvgIpc) is 2.39. The quantitative estimate of drug-likeness (QED) is 0.791. The van der Waals surface area contributed by atoms with Crippen LogP contribution in [-0.4, -0.2) is 66.8 Å². The van der Waals surface area contributed by atoms with E-state index in [4.69, 9.17) is 10.5 Å². The molecule has 0 amide bonds. The van der Waals surface area contributed by atoms with Gasteiger partial charge in [0.15, 0.2) is 0 Å². The number of piperazine rings is 1. The molecule has 0 aliphatic carbocycles. The highest BCUT2D eigenvalue weighted by atomic mass is 16.5. The van der Waals surface area contributed by atoms with E-state index >= 15 is 0 Å². The number of hydrogen-bond acceptors (Lipinski definition) is 4. The summed E-state index contributed by atoms with van der Waals surface area (Å²) in [5.74, 6) is 0.413. The summed E-state index contributed by atoms with van der Waals surface area (Å²) in [5.41, 5.74) is 6.09. The molecular weight excluding hydrogens is 226 g/mol. The van der Waals surface area contributed by atoms with E-state index in [-0.39, 0.29) is 17.2 Å². The smallest absolute Gasteiger partial charge is 0.0788 e. The second-order valence-corrected chi connectivity index (χ2v) is 7.05. The minimum absolute atomic E-state index is 0.118. The Hall–Kier alpha value is -0.160. The van der Waals surface area contributed by atoms with E-state index in [9.17, 15) is 0 Å². The van der Waals surface area contributed by atoms with Crippen LogP contribution in [0.4, 0.5) is 0 Å². The molecule has 106 valence electrons. The Kier molecular flexibility index (Phi) is 3.76. The fraction of sp³-hybridized carbons (Fsp3) is 1.00. The lowest BCUT2D eigenvalue weighted by Gasteiger charge is -2.37. The summed E-state index contributed by atoms with van der Waals surface area (Å²) in [6.07, 6.45) is 0. The van der Waals surface area contributed by atoms with E-state index in [0.29, 0.717) is 5.92 Å². The Morgan fingerprint density at radius 2 is 1.61 bits per heavy atom. The van der Waals surface area contributed by atoms with Crippen LogP contribution in [0.3, 0.4) is 0 Å². The Morgan fingerprint density at radius 1 is 1.06 bits per heavy atom. The number of nitrogens with zero attached hydrogens (tertiary/aromatic N) is 2. The van der Waals surface area contributed by atoms with Gasteiger partial charge in [-0.15, -0.1) is 0 Å². The predicted octanol–water partition coefficient (Wildman–Crippen LogP) is 0.765. The normalized spacial score (nSPS) is 37.0. The van der Waals surface area contributed by atoms with Crippen molar-refractivity contribution in [1.29, 1.82) is 0 Å². The summed E-state index contributed by atoms with van der Waals surface area (Å²) in [7, 11) is 2.19. The minimum Gasteiger partial charge on any atom is -0.368 e. The van der Waals surface area contributed by atoms with Crippen LogP contribution in [0.1, 0.15) is 27.7 Å². The fourth-order valence-electron chi connectivity index (χ4n) is 3.38. The second-order valence-electron chi connectivity index (χ2n) is 7.05. The van der Waals surface area contributed by atoms with Crippen LogP contribution >= 0.6 is 0 Å². The zero-order valence-electron chi connectivity index (χ0n) is 12.6. The van der Waals surface area contributed by atoms with Crippen LogP contribution in [-0.2, 0) is 4.74 Å². The molecule has 0 aromatic heterocycles. The third-order valence-electron chi connectivity index (χ3n) is 4.71. The molecular formula is C14H29N3O. The highest BCUT2D eigenvalue weighted by Gasteiger charge is 2.52. The minimum atomic E-state index is -0.208. The highest BCUT2D eigenvalue weighted by molar-refractivity contribution is 5.04. The highest BCUT2D eigenvalue weighted by Crippen LogP contribution is 2.41. The fourth-order valence-corrected chi connectivity index (χ4v) is 3.38. The van der Waals surface area contributed by atoms with Crippen molar-refractivity contribution in [3.63, 3.8) is 0 Å². The van der Waals surface area contributed by atoms with Gasteiger partial charge in [0.25, 0.3) is 0 Å². The molecule has 2 aliphatic heterocycles. The van der Waals surface area contributed by atoms with Gasteiger partial charge in [-0.3, -0.25) is 0 Å². The van der Waals surface area contributed by atoms with Crippen molar-refractivity contribution in [3.8, 4) is 0 Å². The number of hydrogen-bond donors (Lipinski definition) is 1. The van der Waals surface area contributed by atoms with Gasteiger partial charge in [0.2, 0.25) is 0 Å². The Labute approximate surface area is 111 Å². The molecule has 2 saturated heterocycles. The van der Waals surface area contributed by atoms with E-state index in [2.05, 4.69) is 44.5 Å². The summed E-state index contributed by atoms with van der Waals surface area (Å²) in [4.78, 5) is 4.92. The molecule has 2 unspecified atom stereocenters. The molecule has 0 radical (unpaired) electrons. The summed E-state index contributed by atoms with van der Waals surface area (Å²) < 4.78 is 6.16. The van der Waals surface area contributed by atoms with Gasteiger partial charge < -0.3 is 20.3 Å². The maximum Gasteiger partial charge on any atom is 0.0788 e. The molecule has 2 heterocycles. The molecule has 4 heteroatoms. The molecule has 18 heavy (non-hydrogen) atoms. The summed E-state index contributed by atoms with van der Waals surface area (Å²) in [6, 6.07) is 0.118. The maximum atomic E-state index is 6.41. The van der Waals surface area contributed by atoms with Gasteiger partial charge in [0.1, 0.15) is 0 Å². The molecule has 2 aliphatic rings. The standard InChI is InChI=1S/C14H29N3O/c1-13(2)11(12(15)14(3,4)18-13)10-17-8-6-16(5)7-9-17/h11-12H,6-10,15H2,1-5H3. The first kappa shape index (κ1) is 14.3. The third kappa shape index (κ3) is 2.72. The van der Waals surface area contributed by atoms with Gasteiger partial charge in [0.05, 0.1) is 11.2 Å². The second kappa shape index (κ2) is 4.75.